The van der Waals surface area contributed by atoms with Crippen LogP contribution in [0.3, 0.4) is 0 Å². The Morgan fingerprint density at radius 1 is 0.938 bits per heavy atom. The standard InChI is InChI=1S/C26H25N3O3/c27-23(30)19-7-1-5-17(15-19)21-8-2-6-18-16-20(9-10-22(18)21)24(31)29-14-4-12-26(29)11-3-13-28-25(26)32/h1-2,5-10,15-16H,3-4,11-14H2,(H2,27,30)(H,28,32). The molecule has 32 heavy (non-hydrogen) atoms. The second kappa shape index (κ2) is 7.79. The number of fused-ring (bicyclic) bond motifs is 1. The van der Waals surface area contributed by atoms with Crippen molar-refractivity contribution in [3.63, 3.8) is 0 Å². The smallest absolute Gasteiger partial charge is 0.254 e. The number of primary amides is 1. The van der Waals surface area contributed by atoms with Crippen LogP contribution in [0.1, 0.15) is 46.4 Å². The van der Waals surface area contributed by atoms with Crippen molar-refractivity contribution in [2.45, 2.75) is 31.2 Å². The Kier molecular flexibility index (Phi) is 4.93. The van der Waals surface area contributed by atoms with Gasteiger partial charge in [0.05, 0.1) is 0 Å². The summed E-state index contributed by atoms with van der Waals surface area (Å²) < 4.78 is 0. The number of nitrogens with zero attached hydrogens (tertiary/aromatic N) is 1. The monoisotopic (exact) mass is 427 g/mol. The normalized spacial score (nSPS) is 20.5. The first-order chi connectivity index (χ1) is 15.5. The van der Waals surface area contributed by atoms with Crippen LogP contribution in [0.2, 0.25) is 0 Å². The van der Waals surface area contributed by atoms with Gasteiger partial charge < -0.3 is 16.0 Å². The van der Waals surface area contributed by atoms with E-state index < -0.39 is 11.4 Å². The maximum atomic E-state index is 13.5. The number of nitrogens with two attached hydrogens (primary N) is 1. The number of hydrogen-bond donors (Lipinski definition) is 2. The number of nitrogens with one attached hydrogen (secondary N) is 1. The molecule has 0 saturated carbocycles. The highest BCUT2D eigenvalue weighted by molar-refractivity contribution is 6.05. The van der Waals surface area contributed by atoms with Crippen LogP contribution in [-0.2, 0) is 4.79 Å². The first kappa shape index (κ1) is 20.2. The fourth-order valence-electron chi connectivity index (χ4n) is 5.20. The maximum absolute atomic E-state index is 13.5. The van der Waals surface area contributed by atoms with Gasteiger partial charge in [0.25, 0.3) is 5.91 Å². The molecule has 0 aliphatic carbocycles. The van der Waals surface area contributed by atoms with Crippen LogP contribution < -0.4 is 11.1 Å². The molecule has 1 unspecified atom stereocenters. The van der Waals surface area contributed by atoms with Crippen LogP contribution in [0, 0.1) is 0 Å². The quantitative estimate of drug-likeness (QED) is 0.670. The number of carbonyl (C=O) groups excluding carboxylic acids is 3. The largest absolute Gasteiger partial charge is 0.366 e. The van der Waals surface area contributed by atoms with Crippen molar-refractivity contribution in [1.82, 2.24) is 10.2 Å². The molecular weight excluding hydrogens is 402 g/mol. The summed E-state index contributed by atoms with van der Waals surface area (Å²) in [6, 6.07) is 18.8. The average molecular weight is 428 g/mol. The molecule has 6 heteroatoms. The molecule has 6 nitrogen and oxygen atoms in total. The topological polar surface area (TPSA) is 92.5 Å². The lowest BCUT2D eigenvalue weighted by Gasteiger charge is -2.40. The minimum Gasteiger partial charge on any atom is -0.366 e. The molecule has 5 rings (SSSR count). The fourth-order valence-corrected chi connectivity index (χ4v) is 5.20. The zero-order chi connectivity index (χ0) is 22.3. The van der Waals surface area contributed by atoms with E-state index in [4.69, 9.17) is 5.73 Å². The Labute approximate surface area is 186 Å². The van der Waals surface area contributed by atoms with E-state index >= 15 is 0 Å². The van der Waals surface area contributed by atoms with Gasteiger partial charge in [-0.2, -0.15) is 0 Å². The third kappa shape index (κ3) is 3.23. The van der Waals surface area contributed by atoms with E-state index in [1.807, 2.05) is 48.5 Å². The number of benzene rings is 3. The molecular formula is C26H25N3O3. The van der Waals surface area contributed by atoms with Crippen molar-refractivity contribution in [3.8, 4) is 11.1 Å². The van der Waals surface area contributed by atoms with E-state index in [2.05, 4.69) is 5.32 Å². The number of hydrogen-bond acceptors (Lipinski definition) is 3. The van der Waals surface area contributed by atoms with E-state index in [0.717, 1.165) is 47.6 Å². The molecule has 1 spiro atoms. The van der Waals surface area contributed by atoms with E-state index in [0.29, 0.717) is 24.2 Å². The number of rotatable bonds is 3. The molecule has 3 N–H and O–H groups in total. The number of piperidine rings is 1. The minimum atomic E-state index is -0.707. The molecule has 162 valence electrons. The van der Waals surface area contributed by atoms with Crippen LogP contribution in [0.25, 0.3) is 21.9 Å². The van der Waals surface area contributed by atoms with E-state index in [-0.39, 0.29) is 11.8 Å². The highest BCUT2D eigenvalue weighted by atomic mass is 16.2. The summed E-state index contributed by atoms with van der Waals surface area (Å²) in [5.74, 6) is -0.583. The van der Waals surface area contributed by atoms with Gasteiger partial charge in [0, 0.05) is 24.2 Å². The van der Waals surface area contributed by atoms with Gasteiger partial charge in [0.15, 0.2) is 0 Å². The van der Waals surface area contributed by atoms with E-state index in [9.17, 15) is 14.4 Å². The summed E-state index contributed by atoms with van der Waals surface area (Å²) in [5, 5.41) is 4.87. The summed E-state index contributed by atoms with van der Waals surface area (Å²) >= 11 is 0. The molecule has 3 amide bonds. The lowest BCUT2D eigenvalue weighted by Crippen LogP contribution is -2.60. The molecule has 3 aromatic carbocycles. The zero-order valence-corrected chi connectivity index (χ0v) is 17.8. The van der Waals surface area contributed by atoms with Gasteiger partial charge >= 0.3 is 0 Å². The van der Waals surface area contributed by atoms with Gasteiger partial charge in [-0.3, -0.25) is 14.4 Å². The van der Waals surface area contributed by atoms with Crippen molar-refractivity contribution in [1.29, 1.82) is 0 Å². The molecule has 0 radical (unpaired) electrons. The van der Waals surface area contributed by atoms with Gasteiger partial charge in [-0.25, -0.2) is 0 Å². The predicted molar refractivity (Wildman–Crippen MR) is 123 cm³/mol. The van der Waals surface area contributed by atoms with Crippen molar-refractivity contribution in [2.24, 2.45) is 5.73 Å². The molecule has 2 aliphatic rings. The Bertz CT molecular complexity index is 1250. The van der Waals surface area contributed by atoms with Crippen LogP contribution in [0.5, 0.6) is 0 Å². The van der Waals surface area contributed by atoms with E-state index in [1.54, 1.807) is 17.0 Å². The first-order valence-electron chi connectivity index (χ1n) is 11.0. The number of amides is 3. The van der Waals surface area contributed by atoms with Crippen molar-refractivity contribution < 1.29 is 14.4 Å². The third-order valence-corrected chi connectivity index (χ3v) is 6.79. The molecule has 2 saturated heterocycles. The van der Waals surface area contributed by atoms with Gasteiger partial charge in [-0.05, 0) is 71.8 Å². The average Bonchev–Trinajstić information content (AvgIpc) is 3.24. The highest BCUT2D eigenvalue weighted by Crippen LogP contribution is 2.37. The molecule has 2 aliphatic heterocycles. The molecule has 0 aromatic heterocycles. The molecule has 3 aromatic rings. The van der Waals surface area contributed by atoms with Crippen LogP contribution in [0.15, 0.2) is 60.7 Å². The van der Waals surface area contributed by atoms with Crippen molar-refractivity contribution >= 4 is 28.5 Å². The Morgan fingerprint density at radius 2 is 1.75 bits per heavy atom. The number of carbonyl (C=O) groups is 3. The second-order valence-corrected chi connectivity index (χ2v) is 8.64. The first-order valence-corrected chi connectivity index (χ1v) is 11.0. The highest BCUT2D eigenvalue weighted by Gasteiger charge is 2.50. The zero-order valence-electron chi connectivity index (χ0n) is 17.8. The van der Waals surface area contributed by atoms with Crippen molar-refractivity contribution in [3.05, 3.63) is 71.8 Å². The molecule has 1 atom stereocenters. The molecule has 2 fully saturated rings. The summed E-state index contributed by atoms with van der Waals surface area (Å²) in [5.41, 5.74) is 7.64. The van der Waals surface area contributed by atoms with Gasteiger partial charge in [-0.15, -0.1) is 0 Å². The Morgan fingerprint density at radius 3 is 2.56 bits per heavy atom. The van der Waals surface area contributed by atoms with Crippen LogP contribution >= 0.6 is 0 Å². The van der Waals surface area contributed by atoms with Gasteiger partial charge in [0.1, 0.15) is 5.54 Å². The van der Waals surface area contributed by atoms with Gasteiger partial charge in [0.2, 0.25) is 11.8 Å². The number of likely N-dealkylation sites (tertiary alicyclic amines) is 1. The molecule has 2 heterocycles. The fraction of sp³-hybridized carbons (Fsp3) is 0.269. The van der Waals surface area contributed by atoms with Crippen LogP contribution in [0.4, 0.5) is 0 Å². The molecule has 0 bridgehead atoms. The maximum Gasteiger partial charge on any atom is 0.254 e. The van der Waals surface area contributed by atoms with Crippen LogP contribution in [-0.4, -0.2) is 41.2 Å². The Balaban J connectivity index is 1.52. The van der Waals surface area contributed by atoms with Crippen molar-refractivity contribution in [2.75, 3.05) is 13.1 Å². The van der Waals surface area contributed by atoms with E-state index in [1.165, 1.54) is 0 Å². The lowest BCUT2D eigenvalue weighted by molar-refractivity contribution is -0.133. The third-order valence-electron chi connectivity index (χ3n) is 6.79. The van der Waals surface area contributed by atoms with Gasteiger partial charge in [-0.1, -0.05) is 36.4 Å². The summed E-state index contributed by atoms with van der Waals surface area (Å²) in [6.45, 7) is 1.28. The second-order valence-electron chi connectivity index (χ2n) is 8.64. The lowest BCUT2D eigenvalue weighted by atomic mass is 9.86. The summed E-state index contributed by atoms with van der Waals surface area (Å²) in [6.07, 6.45) is 3.17. The summed E-state index contributed by atoms with van der Waals surface area (Å²) in [7, 11) is 0. The summed E-state index contributed by atoms with van der Waals surface area (Å²) in [4.78, 5) is 39.6. The SMILES string of the molecule is NC(=O)c1cccc(-c2cccc3cc(C(=O)N4CCCC45CCCNC5=O)ccc23)c1. The Hall–Kier alpha value is -3.67. The predicted octanol–water partition coefficient (Wildman–Crippen LogP) is 3.49. The minimum absolute atomic E-state index is 0.0213.